The van der Waals surface area contributed by atoms with Crippen LogP contribution in [-0.4, -0.2) is 44.7 Å². The van der Waals surface area contributed by atoms with Crippen molar-refractivity contribution in [3.63, 3.8) is 0 Å². The lowest BCUT2D eigenvalue weighted by molar-refractivity contribution is -0.123. The highest BCUT2D eigenvalue weighted by molar-refractivity contribution is 7.17. The maximum Gasteiger partial charge on any atom is 0.341 e. The second-order valence-electron chi connectivity index (χ2n) is 8.26. The van der Waals surface area contributed by atoms with E-state index in [4.69, 9.17) is 9.47 Å². The largest absolute Gasteiger partial charge is 0.462 e. The van der Waals surface area contributed by atoms with Crippen molar-refractivity contribution in [1.29, 1.82) is 0 Å². The minimum atomic E-state index is -1.03. The number of fused-ring (bicyclic) bond motifs is 1. The van der Waals surface area contributed by atoms with Gasteiger partial charge in [-0.25, -0.2) is 9.59 Å². The fourth-order valence-electron chi connectivity index (χ4n) is 3.66. The molecule has 0 spiro atoms. The van der Waals surface area contributed by atoms with Crippen molar-refractivity contribution in [2.45, 2.75) is 46.1 Å². The van der Waals surface area contributed by atoms with Crippen LogP contribution in [0.5, 0.6) is 0 Å². The Morgan fingerprint density at radius 1 is 1.25 bits per heavy atom. The summed E-state index contributed by atoms with van der Waals surface area (Å²) in [7, 11) is 3.76. The van der Waals surface area contributed by atoms with Gasteiger partial charge in [0.15, 0.2) is 6.10 Å². The molecule has 1 heterocycles. The van der Waals surface area contributed by atoms with Gasteiger partial charge in [-0.15, -0.1) is 11.3 Å². The van der Waals surface area contributed by atoms with Gasteiger partial charge in [-0.05, 0) is 62.8 Å². The third-order valence-electron chi connectivity index (χ3n) is 5.48. The van der Waals surface area contributed by atoms with E-state index >= 15 is 0 Å². The number of carbonyl (C=O) groups is 3. The number of anilines is 2. The number of hydrogen-bond donors (Lipinski definition) is 1. The Balaban J connectivity index is 1.75. The maximum atomic E-state index is 12.8. The molecule has 1 aromatic heterocycles. The molecule has 0 saturated carbocycles. The van der Waals surface area contributed by atoms with E-state index in [2.05, 4.69) is 12.2 Å². The molecule has 0 unspecified atom stereocenters. The lowest BCUT2D eigenvalue weighted by atomic mass is 9.88. The summed E-state index contributed by atoms with van der Waals surface area (Å²) in [6.07, 6.45) is 1.61. The molecule has 1 N–H and O–H groups in total. The highest BCUT2D eigenvalue weighted by Gasteiger charge is 2.30. The highest BCUT2D eigenvalue weighted by Crippen LogP contribution is 2.40. The van der Waals surface area contributed by atoms with Crippen LogP contribution in [0.25, 0.3) is 0 Å². The zero-order valence-corrected chi connectivity index (χ0v) is 20.0. The molecule has 0 aliphatic heterocycles. The number of hydrogen-bond acceptors (Lipinski definition) is 7. The summed E-state index contributed by atoms with van der Waals surface area (Å²) in [4.78, 5) is 41.0. The number of benzene rings is 1. The smallest absolute Gasteiger partial charge is 0.341 e. The average Bonchev–Trinajstić information content (AvgIpc) is 3.10. The van der Waals surface area contributed by atoms with E-state index in [0.717, 1.165) is 35.4 Å². The normalized spacial score (nSPS) is 16.0. The third-order valence-corrected chi connectivity index (χ3v) is 6.65. The molecule has 32 heavy (non-hydrogen) atoms. The van der Waals surface area contributed by atoms with Crippen LogP contribution in [0.1, 0.15) is 58.3 Å². The quantitative estimate of drug-likeness (QED) is 0.623. The molecule has 1 aliphatic rings. The third kappa shape index (κ3) is 5.30. The zero-order chi connectivity index (χ0) is 23.4. The van der Waals surface area contributed by atoms with Gasteiger partial charge in [0.25, 0.3) is 5.91 Å². The number of carbonyl (C=O) groups excluding carboxylic acids is 3. The summed E-state index contributed by atoms with van der Waals surface area (Å²) >= 11 is 1.41. The summed E-state index contributed by atoms with van der Waals surface area (Å²) in [5, 5.41) is 3.26. The Kier molecular flexibility index (Phi) is 7.56. The molecule has 0 saturated heterocycles. The number of esters is 2. The molecule has 0 fully saturated rings. The molecule has 2 atom stereocenters. The standard InChI is InChI=1S/C24H30N2O5S/c1-6-30-24(29)20-18-11-10-14(2)12-19(18)32-22(20)25-21(27)15(3)31-23(28)16-8-7-9-17(13-16)26(4)5/h7-9,13-15H,6,10-12H2,1-5H3,(H,25,27)/t14-,15-/m1/s1. The average molecular weight is 459 g/mol. The van der Waals surface area contributed by atoms with Gasteiger partial charge in [0, 0.05) is 24.7 Å². The zero-order valence-electron chi connectivity index (χ0n) is 19.2. The second-order valence-corrected chi connectivity index (χ2v) is 9.36. The lowest BCUT2D eigenvalue weighted by Gasteiger charge is -2.18. The molecule has 172 valence electrons. The first-order chi connectivity index (χ1) is 15.2. The molecule has 0 radical (unpaired) electrons. The molecule has 1 aromatic carbocycles. The second kappa shape index (κ2) is 10.2. The Hall–Kier alpha value is -2.87. The summed E-state index contributed by atoms with van der Waals surface area (Å²) in [6.45, 7) is 5.71. The van der Waals surface area contributed by atoms with Gasteiger partial charge in [-0.2, -0.15) is 0 Å². The fourth-order valence-corrected chi connectivity index (χ4v) is 5.07. The Morgan fingerprint density at radius 3 is 2.69 bits per heavy atom. The summed E-state index contributed by atoms with van der Waals surface area (Å²) in [5.74, 6) is -0.974. The number of rotatable bonds is 7. The van der Waals surface area contributed by atoms with Gasteiger partial charge in [-0.3, -0.25) is 4.79 Å². The van der Waals surface area contributed by atoms with Gasteiger partial charge in [-0.1, -0.05) is 13.0 Å². The van der Waals surface area contributed by atoms with E-state index in [1.165, 1.54) is 18.3 Å². The van der Waals surface area contributed by atoms with E-state index in [-0.39, 0.29) is 6.61 Å². The molecule has 0 bridgehead atoms. The first kappa shape index (κ1) is 23.8. The lowest BCUT2D eigenvalue weighted by Crippen LogP contribution is -2.30. The van der Waals surface area contributed by atoms with Crippen molar-refractivity contribution >= 4 is 39.9 Å². The van der Waals surface area contributed by atoms with Crippen LogP contribution in [0.2, 0.25) is 0 Å². The molecule has 8 heteroatoms. The van der Waals surface area contributed by atoms with E-state index in [1.807, 2.05) is 25.1 Å². The highest BCUT2D eigenvalue weighted by atomic mass is 32.1. The molecule has 1 amide bonds. The van der Waals surface area contributed by atoms with Crippen LogP contribution in [0.15, 0.2) is 24.3 Å². The van der Waals surface area contributed by atoms with Crippen LogP contribution in [-0.2, 0) is 27.1 Å². The van der Waals surface area contributed by atoms with E-state index in [9.17, 15) is 14.4 Å². The summed E-state index contributed by atoms with van der Waals surface area (Å²) < 4.78 is 10.6. The van der Waals surface area contributed by atoms with Crippen molar-refractivity contribution in [2.24, 2.45) is 5.92 Å². The van der Waals surface area contributed by atoms with Gasteiger partial charge >= 0.3 is 11.9 Å². The first-order valence-corrected chi connectivity index (χ1v) is 11.6. The van der Waals surface area contributed by atoms with Gasteiger partial charge in [0.1, 0.15) is 5.00 Å². The molecule has 2 aromatic rings. The molecule has 3 rings (SSSR count). The van der Waals surface area contributed by atoms with E-state index < -0.39 is 23.9 Å². The Labute approximate surface area is 192 Å². The first-order valence-electron chi connectivity index (χ1n) is 10.8. The van der Waals surface area contributed by atoms with Gasteiger partial charge in [0.2, 0.25) is 0 Å². The predicted molar refractivity (Wildman–Crippen MR) is 126 cm³/mol. The van der Waals surface area contributed by atoms with Crippen LogP contribution in [0.3, 0.4) is 0 Å². The van der Waals surface area contributed by atoms with Crippen molar-refractivity contribution in [3.8, 4) is 0 Å². The van der Waals surface area contributed by atoms with Crippen LogP contribution >= 0.6 is 11.3 Å². The minimum Gasteiger partial charge on any atom is -0.462 e. The monoisotopic (exact) mass is 458 g/mol. The van der Waals surface area contributed by atoms with Crippen molar-refractivity contribution in [3.05, 3.63) is 45.8 Å². The topological polar surface area (TPSA) is 84.9 Å². The molecule has 7 nitrogen and oxygen atoms in total. The minimum absolute atomic E-state index is 0.257. The van der Waals surface area contributed by atoms with Crippen molar-refractivity contribution in [2.75, 3.05) is 30.9 Å². The van der Waals surface area contributed by atoms with Gasteiger partial charge in [0.05, 0.1) is 17.7 Å². The van der Waals surface area contributed by atoms with E-state index in [0.29, 0.717) is 22.0 Å². The van der Waals surface area contributed by atoms with Crippen LogP contribution < -0.4 is 10.2 Å². The Morgan fingerprint density at radius 2 is 2.00 bits per heavy atom. The summed E-state index contributed by atoms with van der Waals surface area (Å²) in [5.41, 5.74) is 2.62. The number of nitrogens with zero attached hydrogens (tertiary/aromatic N) is 1. The summed E-state index contributed by atoms with van der Waals surface area (Å²) in [6, 6.07) is 7.00. The number of nitrogens with one attached hydrogen (secondary N) is 1. The number of amides is 1. The fraction of sp³-hybridized carbons (Fsp3) is 0.458. The Bertz CT molecular complexity index is 1010. The molecule has 1 aliphatic carbocycles. The van der Waals surface area contributed by atoms with Crippen LogP contribution in [0.4, 0.5) is 10.7 Å². The maximum absolute atomic E-state index is 12.8. The number of ether oxygens (including phenoxy) is 2. The predicted octanol–water partition coefficient (Wildman–Crippen LogP) is 4.30. The van der Waals surface area contributed by atoms with Crippen LogP contribution in [0, 0.1) is 5.92 Å². The van der Waals surface area contributed by atoms with Crippen molar-refractivity contribution < 1.29 is 23.9 Å². The van der Waals surface area contributed by atoms with E-state index in [1.54, 1.807) is 25.1 Å². The van der Waals surface area contributed by atoms with Gasteiger partial charge < -0.3 is 19.7 Å². The SMILES string of the molecule is CCOC(=O)c1c(NC(=O)[C@@H](C)OC(=O)c2cccc(N(C)C)c2)sc2c1CC[C@@H](C)C2. The molecular weight excluding hydrogens is 428 g/mol. The van der Waals surface area contributed by atoms with Crippen molar-refractivity contribution in [1.82, 2.24) is 0 Å². The molecular formula is C24H30N2O5S. The number of thiophene rings is 1.